The van der Waals surface area contributed by atoms with E-state index in [1.165, 1.54) is 0 Å². The van der Waals surface area contributed by atoms with E-state index in [0.29, 0.717) is 12.5 Å². The van der Waals surface area contributed by atoms with E-state index in [-0.39, 0.29) is 6.04 Å². The molecule has 1 rings (SSSR count). The van der Waals surface area contributed by atoms with E-state index in [1.54, 1.807) is 0 Å². The zero-order valence-corrected chi connectivity index (χ0v) is 12.9. The highest BCUT2D eigenvalue weighted by Crippen LogP contribution is 2.21. The summed E-state index contributed by atoms with van der Waals surface area (Å²) in [6.07, 6.45) is 0. The quantitative estimate of drug-likeness (QED) is 0.794. The van der Waals surface area contributed by atoms with Crippen molar-refractivity contribution in [1.29, 1.82) is 0 Å². The summed E-state index contributed by atoms with van der Waals surface area (Å²) in [5, 5.41) is 6.58. The minimum absolute atomic E-state index is 0.248. The molecule has 108 valence electrons. The summed E-state index contributed by atoms with van der Waals surface area (Å²) in [6, 6.07) is 0.248. The maximum Gasteiger partial charge on any atom is 0.135 e. The summed E-state index contributed by atoms with van der Waals surface area (Å²) in [6.45, 7) is 11.7. The highest BCUT2D eigenvalue weighted by molar-refractivity contribution is 5.57. The van der Waals surface area contributed by atoms with Crippen molar-refractivity contribution < 1.29 is 4.74 Å². The summed E-state index contributed by atoms with van der Waals surface area (Å²) < 4.78 is 5.53. The molecule has 19 heavy (non-hydrogen) atoms. The van der Waals surface area contributed by atoms with Gasteiger partial charge in [-0.05, 0) is 26.7 Å². The van der Waals surface area contributed by atoms with Crippen LogP contribution in [0.2, 0.25) is 0 Å². The first-order valence-electron chi connectivity index (χ1n) is 6.86. The molecule has 1 atom stereocenters. The van der Waals surface area contributed by atoms with Gasteiger partial charge in [0.1, 0.15) is 17.5 Å². The van der Waals surface area contributed by atoms with E-state index >= 15 is 0 Å². The summed E-state index contributed by atoms with van der Waals surface area (Å²) in [7, 11) is 1.87. The molecule has 0 aliphatic rings. The molecular formula is C14H26N4O. The van der Waals surface area contributed by atoms with E-state index in [9.17, 15) is 0 Å². The molecule has 5 nitrogen and oxygen atoms in total. The van der Waals surface area contributed by atoms with E-state index in [0.717, 1.165) is 29.6 Å². The van der Waals surface area contributed by atoms with Gasteiger partial charge in [0, 0.05) is 19.2 Å². The molecule has 1 heterocycles. The third kappa shape index (κ3) is 4.35. The highest BCUT2D eigenvalue weighted by atomic mass is 16.5. The second kappa shape index (κ2) is 7.28. The molecular weight excluding hydrogens is 240 g/mol. The molecule has 0 aromatic carbocycles. The lowest BCUT2D eigenvalue weighted by molar-refractivity contribution is 0.126. The van der Waals surface area contributed by atoms with Crippen LogP contribution in [0.5, 0.6) is 0 Å². The van der Waals surface area contributed by atoms with Crippen molar-refractivity contribution in [3.8, 4) is 0 Å². The van der Waals surface area contributed by atoms with Gasteiger partial charge >= 0.3 is 0 Å². The highest BCUT2D eigenvalue weighted by Gasteiger charge is 2.16. The lowest BCUT2D eigenvalue weighted by atomic mass is 10.1. The summed E-state index contributed by atoms with van der Waals surface area (Å²) in [5.41, 5.74) is 1.04. The zero-order chi connectivity index (χ0) is 14.4. The van der Waals surface area contributed by atoms with Crippen LogP contribution in [0.4, 0.5) is 11.6 Å². The molecule has 0 fully saturated rings. The standard InChI is InChI=1S/C14H26N4O/c1-7-19-8-12(9(2)3)18-14-10(4)13(15-6)16-11(5)17-14/h9,12H,7-8H2,1-6H3,(H2,15,16,17,18). The van der Waals surface area contributed by atoms with Crippen molar-refractivity contribution >= 4 is 11.6 Å². The zero-order valence-electron chi connectivity index (χ0n) is 12.9. The molecule has 0 amide bonds. The lowest BCUT2D eigenvalue weighted by Gasteiger charge is -2.24. The Hall–Kier alpha value is -1.36. The number of hydrogen-bond donors (Lipinski definition) is 2. The predicted molar refractivity (Wildman–Crippen MR) is 79.8 cm³/mol. The fourth-order valence-electron chi connectivity index (χ4n) is 1.83. The molecule has 0 aliphatic carbocycles. The molecule has 0 radical (unpaired) electrons. The summed E-state index contributed by atoms with van der Waals surface area (Å²) in [5.74, 6) is 2.99. The minimum Gasteiger partial charge on any atom is -0.380 e. The molecule has 0 bridgehead atoms. The topological polar surface area (TPSA) is 59.1 Å². The number of aromatic nitrogens is 2. The van der Waals surface area contributed by atoms with Crippen molar-refractivity contribution in [2.75, 3.05) is 30.9 Å². The number of anilines is 2. The third-order valence-corrected chi connectivity index (χ3v) is 3.12. The first-order valence-corrected chi connectivity index (χ1v) is 6.86. The largest absolute Gasteiger partial charge is 0.380 e. The van der Waals surface area contributed by atoms with E-state index in [1.807, 2.05) is 27.8 Å². The first-order chi connectivity index (χ1) is 8.99. The van der Waals surface area contributed by atoms with Crippen LogP contribution in [0, 0.1) is 19.8 Å². The Morgan fingerprint density at radius 3 is 2.32 bits per heavy atom. The van der Waals surface area contributed by atoms with Gasteiger partial charge in [-0.25, -0.2) is 9.97 Å². The Morgan fingerprint density at radius 1 is 1.16 bits per heavy atom. The average Bonchev–Trinajstić information content (AvgIpc) is 2.37. The molecule has 0 saturated heterocycles. The number of aryl methyl sites for hydroxylation is 1. The number of hydrogen-bond acceptors (Lipinski definition) is 5. The third-order valence-electron chi connectivity index (χ3n) is 3.12. The van der Waals surface area contributed by atoms with Gasteiger partial charge in [-0.3, -0.25) is 0 Å². The van der Waals surface area contributed by atoms with E-state index in [2.05, 4.69) is 34.4 Å². The average molecular weight is 266 g/mol. The summed E-state index contributed by atoms with van der Waals surface area (Å²) in [4.78, 5) is 8.87. The normalized spacial score (nSPS) is 12.6. The van der Waals surface area contributed by atoms with Crippen molar-refractivity contribution in [1.82, 2.24) is 9.97 Å². The molecule has 5 heteroatoms. The van der Waals surface area contributed by atoms with Gasteiger partial charge in [-0.15, -0.1) is 0 Å². The van der Waals surface area contributed by atoms with Gasteiger partial charge in [0.25, 0.3) is 0 Å². The van der Waals surface area contributed by atoms with Crippen LogP contribution in [0.1, 0.15) is 32.2 Å². The second-order valence-electron chi connectivity index (χ2n) is 5.00. The maximum absolute atomic E-state index is 5.53. The van der Waals surface area contributed by atoms with Gasteiger partial charge in [0.15, 0.2) is 0 Å². The van der Waals surface area contributed by atoms with Crippen LogP contribution in [-0.2, 0) is 4.74 Å². The monoisotopic (exact) mass is 266 g/mol. The van der Waals surface area contributed by atoms with Crippen molar-refractivity contribution in [3.05, 3.63) is 11.4 Å². The number of nitrogens with one attached hydrogen (secondary N) is 2. The molecule has 1 aromatic heterocycles. The van der Waals surface area contributed by atoms with Crippen LogP contribution >= 0.6 is 0 Å². The Balaban J connectivity index is 2.92. The minimum atomic E-state index is 0.248. The van der Waals surface area contributed by atoms with Gasteiger partial charge in [0.05, 0.1) is 12.6 Å². The van der Waals surface area contributed by atoms with Crippen LogP contribution in [0.15, 0.2) is 0 Å². The Kier molecular flexibility index (Phi) is 6.02. The Morgan fingerprint density at radius 2 is 1.79 bits per heavy atom. The van der Waals surface area contributed by atoms with Crippen LogP contribution < -0.4 is 10.6 Å². The number of nitrogens with zero attached hydrogens (tertiary/aromatic N) is 2. The maximum atomic E-state index is 5.53. The Labute approximate surface area is 116 Å². The first kappa shape index (κ1) is 15.7. The molecule has 0 aliphatic heterocycles. The van der Waals surface area contributed by atoms with Gasteiger partial charge < -0.3 is 15.4 Å². The van der Waals surface area contributed by atoms with Crippen molar-refractivity contribution in [2.24, 2.45) is 5.92 Å². The van der Waals surface area contributed by atoms with Crippen molar-refractivity contribution in [3.63, 3.8) is 0 Å². The number of rotatable bonds is 7. The van der Waals surface area contributed by atoms with Crippen LogP contribution in [-0.4, -0.2) is 36.3 Å². The smallest absolute Gasteiger partial charge is 0.135 e. The van der Waals surface area contributed by atoms with Crippen LogP contribution in [0.3, 0.4) is 0 Å². The van der Waals surface area contributed by atoms with Gasteiger partial charge in [-0.1, -0.05) is 13.8 Å². The van der Waals surface area contributed by atoms with Gasteiger partial charge in [-0.2, -0.15) is 0 Å². The van der Waals surface area contributed by atoms with Crippen molar-refractivity contribution in [2.45, 2.75) is 40.7 Å². The number of ether oxygens (including phenoxy) is 1. The molecule has 0 spiro atoms. The Bertz CT molecular complexity index is 407. The summed E-state index contributed by atoms with van der Waals surface area (Å²) >= 11 is 0. The second-order valence-corrected chi connectivity index (χ2v) is 5.00. The SMILES string of the molecule is CCOCC(Nc1nc(C)nc(NC)c1C)C(C)C. The molecule has 2 N–H and O–H groups in total. The lowest BCUT2D eigenvalue weighted by Crippen LogP contribution is -2.32. The predicted octanol–water partition coefficient (Wildman–Crippen LogP) is 2.61. The molecule has 1 unspecified atom stereocenters. The van der Waals surface area contributed by atoms with E-state index in [4.69, 9.17) is 4.74 Å². The van der Waals surface area contributed by atoms with Crippen LogP contribution in [0.25, 0.3) is 0 Å². The van der Waals surface area contributed by atoms with E-state index < -0.39 is 0 Å². The fraction of sp³-hybridized carbons (Fsp3) is 0.714. The molecule has 0 saturated carbocycles. The molecule has 1 aromatic rings. The van der Waals surface area contributed by atoms with Gasteiger partial charge in [0.2, 0.25) is 0 Å². The fourth-order valence-corrected chi connectivity index (χ4v) is 1.83.